The maximum atomic E-state index is 15.5. The number of halogens is 5. The van der Waals surface area contributed by atoms with Crippen LogP contribution in [0.4, 0.5) is 23.4 Å². The van der Waals surface area contributed by atoms with E-state index in [9.17, 15) is 31.9 Å². The highest BCUT2D eigenvalue weighted by molar-refractivity contribution is 7.92. The number of hydrogen-bond acceptors (Lipinski definition) is 9. The molecule has 2 saturated carbocycles. The van der Waals surface area contributed by atoms with Gasteiger partial charge in [-0.05, 0) is 74.4 Å². The average Bonchev–Trinajstić information content (AvgIpc) is 3.79. The molecule has 58 heavy (non-hydrogen) atoms. The van der Waals surface area contributed by atoms with E-state index < -0.39 is 86.8 Å². The largest absolute Gasteiger partial charge is 0.378 e. The van der Waals surface area contributed by atoms with E-state index in [1.54, 1.807) is 19.2 Å². The molecule has 2 amide bonds. The van der Waals surface area contributed by atoms with Gasteiger partial charge in [0.15, 0.2) is 5.82 Å². The normalized spacial score (nSPS) is 19.6. The number of nitrogens with one attached hydrogen (secondary N) is 3. The van der Waals surface area contributed by atoms with Gasteiger partial charge in [0.1, 0.15) is 35.2 Å². The van der Waals surface area contributed by atoms with Crippen LogP contribution in [0.3, 0.4) is 0 Å². The van der Waals surface area contributed by atoms with Crippen LogP contribution in [0.5, 0.6) is 0 Å². The zero-order chi connectivity index (χ0) is 42.6. The van der Waals surface area contributed by atoms with Crippen molar-refractivity contribution >= 4 is 61.6 Å². The molecule has 2 aliphatic carbocycles. The molecule has 0 radical (unpaired) electrons. The summed E-state index contributed by atoms with van der Waals surface area (Å²) in [5, 5.41) is 26.2. The van der Waals surface area contributed by atoms with Gasteiger partial charge in [-0.15, -0.1) is 0 Å². The zero-order valence-corrected chi connectivity index (χ0v) is 33.7. The lowest BCUT2D eigenvalue weighted by atomic mass is 9.93. The van der Waals surface area contributed by atoms with E-state index in [2.05, 4.69) is 32.0 Å². The number of carbonyl (C=O) groups excluding carboxylic acids is 2. The van der Waals surface area contributed by atoms with Crippen LogP contribution in [0.2, 0.25) is 5.02 Å². The second kappa shape index (κ2) is 15.4. The molecule has 19 heteroatoms. The molecule has 306 valence electrons. The number of benzene rings is 2. The first-order chi connectivity index (χ1) is 26.9. The highest BCUT2D eigenvalue weighted by Crippen LogP contribution is 2.61. The molecule has 2 aromatic heterocycles. The first kappa shape index (κ1) is 42.2. The van der Waals surface area contributed by atoms with E-state index in [1.807, 2.05) is 0 Å². The van der Waals surface area contributed by atoms with Crippen LogP contribution in [0, 0.1) is 46.6 Å². The van der Waals surface area contributed by atoms with E-state index >= 15 is 8.78 Å². The van der Waals surface area contributed by atoms with E-state index in [0.717, 1.165) is 23.3 Å². The van der Waals surface area contributed by atoms with Gasteiger partial charge in [-0.3, -0.25) is 29.4 Å². The average molecular weight is 843 g/mol. The molecule has 6 rings (SSSR count). The molecule has 2 aromatic carbocycles. The molecular weight excluding hydrogens is 804 g/mol. The Balaban J connectivity index is 1.49. The summed E-state index contributed by atoms with van der Waals surface area (Å²) in [6.07, 6.45) is 0.741. The van der Waals surface area contributed by atoms with Crippen molar-refractivity contribution in [2.75, 3.05) is 31.6 Å². The van der Waals surface area contributed by atoms with Gasteiger partial charge in [0.05, 0.1) is 45.5 Å². The summed E-state index contributed by atoms with van der Waals surface area (Å²) in [5.74, 6) is -4.69. The van der Waals surface area contributed by atoms with E-state index in [4.69, 9.17) is 22.0 Å². The number of nitrogens with zero attached hydrogens (tertiary/aromatic N) is 5. The van der Waals surface area contributed by atoms with Crippen molar-refractivity contribution in [3.05, 3.63) is 76.1 Å². The van der Waals surface area contributed by atoms with Crippen molar-refractivity contribution in [1.82, 2.24) is 25.0 Å². The molecule has 2 aliphatic rings. The summed E-state index contributed by atoms with van der Waals surface area (Å²) in [6.45, 7) is 2.04. The van der Waals surface area contributed by atoms with Crippen LogP contribution >= 0.6 is 11.6 Å². The number of rotatable bonds is 11. The Morgan fingerprint density at radius 1 is 1.16 bits per heavy atom. The van der Waals surface area contributed by atoms with Crippen molar-refractivity contribution in [3.63, 3.8) is 0 Å². The number of hydrogen-bond donors (Lipinski definition) is 4. The van der Waals surface area contributed by atoms with E-state index in [1.165, 1.54) is 44.8 Å². The predicted octanol–water partition coefficient (Wildman–Crippen LogP) is 4.91. The number of sulfonamides is 1. The van der Waals surface area contributed by atoms with E-state index in [-0.39, 0.29) is 46.0 Å². The molecular formula is C39H39ClF4N8O5S. The molecule has 4 atom stereocenters. The number of anilines is 1. The van der Waals surface area contributed by atoms with Crippen LogP contribution in [-0.2, 0) is 33.1 Å². The van der Waals surface area contributed by atoms with Crippen molar-refractivity contribution in [2.24, 2.45) is 29.8 Å². The molecule has 0 saturated heterocycles. The highest BCUT2D eigenvalue weighted by atomic mass is 35.5. The Bertz CT molecular complexity index is 2560. The molecule has 2 fully saturated rings. The van der Waals surface area contributed by atoms with Gasteiger partial charge < -0.3 is 15.3 Å². The smallest absolute Gasteiger partial charge is 0.289 e. The lowest BCUT2D eigenvalue weighted by molar-refractivity contribution is -0.122. The van der Waals surface area contributed by atoms with Crippen LogP contribution in [0.15, 0.2) is 47.5 Å². The van der Waals surface area contributed by atoms with Crippen molar-refractivity contribution in [3.8, 4) is 23.0 Å². The van der Waals surface area contributed by atoms with Gasteiger partial charge in [-0.2, -0.15) is 13.9 Å². The number of aromatic nitrogens is 3. The fraction of sp³-hybridized carbons (Fsp3) is 0.385. The monoisotopic (exact) mass is 842 g/mol. The summed E-state index contributed by atoms with van der Waals surface area (Å²) in [6, 6.07) is 7.71. The van der Waals surface area contributed by atoms with Crippen molar-refractivity contribution < 1.29 is 40.7 Å². The number of fused-ring (bicyclic) bond motifs is 2. The zero-order valence-electron chi connectivity index (χ0n) is 32.1. The van der Waals surface area contributed by atoms with Gasteiger partial charge >= 0.3 is 0 Å². The minimum atomic E-state index is -3.82. The predicted molar refractivity (Wildman–Crippen MR) is 210 cm³/mol. The molecule has 0 bridgehead atoms. The fourth-order valence-electron chi connectivity index (χ4n) is 7.20. The topological polar surface area (TPSA) is 183 Å². The number of aryl methyl sites for hydroxylation is 1. The van der Waals surface area contributed by atoms with Crippen LogP contribution in [0.25, 0.3) is 22.0 Å². The van der Waals surface area contributed by atoms with Crippen LogP contribution in [-0.4, -0.2) is 94.8 Å². The van der Waals surface area contributed by atoms with E-state index in [0.29, 0.717) is 22.7 Å². The summed E-state index contributed by atoms with van der Waals surface area (Å²) < 4.78 is 88.4. The lowest BCUT2D eigenvalue weighted by Gasteiger charge is -2.23. The Hall–Kier alpha value is -5.38. The van der Waals surface area contributed by atoms with Crippen LogP contribution < -0.4 is 10.0 Å². The van der Waals surface area contributed by atoms with Gasteiger partial charge in [0, 0.05) is 44.3 Å². The molecule has 4 aromatic rings. The summed E-state index contributed by atoms with van der Waals surface area (Å²) >= 11 is 6.59. The summed E-state index contributed by atoms with van der Waals surface area (Å²) in [5.41, 5.74) is -1.48. The number of pyridine rings is 1. The maximum absolute atomic E-state index is 15.5. The van der Waals surface area contributed by atoms with Crippen LogP contribution in [0.1, 0.15) is 43.3 Å². The Morgan fingerprint density at radius 2 is 1.81 bits per heavy atom. The number of aliphatic imine (C=N–C) groups is 1. The summed E-state index contributed by atoms with van der Waals surface area (Å²) in [7, 11) is 0.516. The van der Waals surface area contributed by atoms with Crippen molar-refractivity contribution in [1.29, 1.82) is 5.41 Å². The molecule has 4 N–H and O–H groups in total. The Labute approximate surface area is 336 Å². The van der Waals surface area contributed by atoms with Gasteiger partial charge in [-0.1, -0.05) is 23.6 Å². The van der Waals surface area contributed by atoms with Gasteiger partial charge in [0.2, 0.25) is 15.9 Å². The second-order valence-corrected chi connectivity index (χ2v) is 17.3. The third-order valence-corrected chi connectivity index (χ3v) is 10.5. The maximum Gasteiger partial charge on any atom is 0.289 e. The third-order valence-electron chi connectivity index (χ3n) is 9.67. The van der Waals surface area contributed by atoms with Crippen molar-refractivity contribution in [2.45, 2.75) is 44.3 Å². The Kier molecular flexibility index (Phi) is 11.2. The number of amides is 2. The highest BCUT2D eigenvalue weighted by Gasteiger charge is 2.70. The second-order valence-electron chi connectivity index (χ2n) is 15.1. The first-order valence-electron chi connectivity index (χ1n) is 17.8. The number of carbonyl (C=O) groups is 2. The Morgan fingerprint density at radius 3 is 2.43 bits per heavy atom. The summed E-state index contributed by atoms with van der Waals surface area (Å²) in [4.78, 5) is 36.4. The quantitative estimate of drug-likeness (QED) is 0.0940. The van der Waals surface area contributed by atoms with Gasteiger partial charge in [-0.25, -0.2) is 22.2 Å². The fourth-order valence-corrected chi connectivity index (χ4v) is 7.94. The molecule has 4 unspecified atom stereocenters. The van der Waals surface area contributed by atoms with Gasteiger partial charge in [0.25, 0.3) is 11.8 Å². The minimum absolute atomic E-state index is 0.0688. The first-order valence-corrected chi connectivity index (χ1v) is 20.1. The molecule has 0 spiro atoms. The SMILES string of the molecule is CN(C)C(=O)C(=N)C1C(=NCC(=O)NC(Cc2cc(F)cc(F)c2)c2nc(C#CC(C)(C)O)ccc2-c2ccc(Cl)c3c(NS(C)(=O)=O)nn(C)c23)C(F)(F)C2CC12. The molecule has 13 nitrogen and oxygen atoms in total. The number of aliphatic hydroxyl groups is 1. The number of alkyl halides is 2. The lowest BCUT2D eigenvalue weighted by Crippen LogP contribution is -2.41. The third kappa shape index (κ3) is 8.86. The molecule has 0 aliphatic heterocycles. The minimum Gasteiger partial charge on any atom is -0.378 e. The standard InChI is InChI=1S/C39H39ClF4N8O5S/c1-38(2,55)12-11-22-7-8-23(24-9-10-27(40)31-34(24)52(5)49-36(31)50-58(6,56)57)33(47-22)28(15-19-13-20(41)16-21(42)14-19)48-29(53)18-46-35-30(32(45)37(54)51(3)4)25-17-26(25)39(35,43)44/h7-10,13-14,16,25-26,28,30,45,55H,15,17-18H2,1-6H3,(H,48,53)(H,49,50). The molecule has 2 heterocycles.